The minimum absolute atomic E-state index is 0.299. The highest BCUT2D eigenvalue weighted by atomic mass is 79.9. The van der Waals surface area contributed by atoms with E-state index in [-0.39, 0.29) is 4.46 Å². The Balaban J connectivity index is 3.13. The summed E-state index contributed by atoms with van der Waals surface area (Å²) in [5.41, 5.74) is 0. The number of rotatable bonds is 2. The highest BCUT2D eigenvalue weighted by Gasteiger charge is 1.99. The molecule has 0 aliphatic heterocycles. The molecular formula is C3H3BrCl2Si. The third kappa shape index (κ3) is 7.02. The standard InChI is InChI=1S/C3H3BrCl2Si/c1-2(4)7-3(5)6/h3H,1H2. The molecule has 0 aliphatic rings. The van der Waals surface area contributed by atoms with Crippen LogP contribution in [0.25, 0.3) is 0 Å². The van der Waals surface area contributed by atoms with E-state index in [1.807, 2.05) is 0 Å². The van der Waals surface area contributed by atoms with Crippen LogP contribution in [0.5, 0.6) is 0 Å². The van der Waals surface area contributed by atoms with Gasteiger partial charge >= 0.3 is 0 Å². The fourth-order valence-electron chi connectivity index (χ4n) is 0.118. The van der Waals surface area contributed by atoms with Crippen molar-refractivity contribution in [1.29, 1.82) is 0 Å². The molecule has 0 fully saturated rings. The fraction of sp³-hybridized carbons (Fsp3) is 0.333. The van der Waals surface area contributed by atoms with Crippen LogP contribution in [0.3, 0.4) is 0 Å². The van der Waals surface area contributed by atoms with Gasteiger partial charge in [0.25, 0.3) is 0 Å². The van der Waals surface area contributed by atoms with Gasteiger partial charge in [0.15, 0.2) is 0 Å². The van der Waals surface area contributed by atoms with E-state index in [9.17, 15) is 0 Å². The summed E-state index contributed by atoms with van der Waals surface area (Å²) in [6, 6.07) is 0. The van der Waals surface area contributed by atoms with Crippen LogP contribution in [0.2, 0.25) is 0 Å². The molecule has 0 aromatic heterocycles. The first-order chi connectivity index (χ1) is 3.13. The SMILES string of the molecule is C=C(Br)[Si]C(Cl)Cl. The van der Waals surface area contributed by atoms with Crippen molar-refractivity contribution < 1.29 is 0 Å². The Morgan fingerprint density at radius 3 is 2.14 bits per heavy atom. The Morgan fingerprint density at radius 2 is 2.14 bits per heavy atom. The minimum atomic E-state index is -0.299. The van der Waals surface area contributed by atoms with Gasteiger partial charge in [-0.05, 0) is 4.11 Å². The van der Waals surface area contributed by atoms with E-state index < -0.39 is 0 Å². The predicted molar refractivity (Wildman–Crippen MR) is 39.3 cm³/mol. The van der Waals surface area contributed by atoms with Crippen molar-refractivity contribution in [3.63, 3.8) is 0 Å². The van der Waals surface area contributed by atoms with Crippen molar-refractivity contribution in [3.05, 3.63) is 10.7 Å². The van der Waals surface area contributed by atoms with Gasteiger partial charge in [-0.2, -0.15) is 0 Å². The summed E-state index contributed by atoms with van der Waals surface area (Å²) in [5, 5.41) is 0. The lowest BCUT2D eigenvalue weighted by Crippen LogP contribution is -1.99. The fourth-order valence-corrected chi connectivity index (χ4v) is 2.62. The van der Waals surface area contributed by atoms with Gasteiger partial charge < -0.3 is 0 Å². The highest BCUT2D eigenvalue weighted by molar-refractivity contribution is 9.12. The zero-order chi connectivity index (χ0) is 5.86. The quantitative estimate of drug-likeness (QED) is 0.492. The molecule has 0 bridgehead atoms. The maximum Gasteiger partial charge on any atom is 0.133 e. The first-order valence-corrected chi connectivity index (χ1v) is 4.26. The molecule has 0 N–H and O–H groups in total. The third-order valence-corrected chi connectivity index (χ3v) is 2.14. The molecule has 0 heterocycles. The van der Waals surface area contributed by atoms with E-state index in [1.165, 1.54) is 0 Å². The Morgan fingerprint density at radius 1 is 1.71 bits per heavy atom. The second-order valence-corrected chi connectivity index (χ2v) is 5.84. The molecule has 0 spiro atoms. The maximum absolute atomic E-state index is 5.36. The normalized spacial score (nSPS) is 9.71. The summed E-state index contributed by atoms with van der Waals surface area (Å²) in [6.45, 7) is 3.56. The van der Waals surface area contributed by atoms with Crippen molar-refractivity contribution in [2.45, 2.75) is 4.46 Å². The number of hydrogen-bond donors (Lipinski definition) is 0. The lowest BCUT2D eigenvalue weighted by Gasteiger charge is -1.91. The van der Waals surface area contributed by atoms with Gasteiger partial charge in [-0.15, -0.1) is 23.2 Å². The number of halogens is 3. The second kappa shape index (κ2) is 3.95. The van der Waals surface area contributed by atoms with E-state index in [1.54, 1.807) is 0 Å². The van der Waals surface area contributed by atoms with Crippen LogP contribution in [0.15, 0.2) is 10.7 Å². The molecule has 2 radical (unpaired) electrons. The molecule has 0 unspecified atom stereocenters. The average Bonchev–Trinajstić information content (AvgIpc) is 1.27. The summed E-state index contributed by atoms with van der Waals surface area (Å²) in [4.78, 5) is 0. The van der Waals surface area contributed by atoms with Gasteiger partial charge in [-0.25, -0.2) is 0 Å². The van der Waals surface area contributed by atoms with Crippen molar-refractivity contribution in [2.24, 2.45) is 0 Å². The molecule has 0 nitrogen and oxygen atoms in total. The largest absolute Gasteiger partial charge is 0.133 e. The molecule has 0 rings (SSSR count). The summed E-state index contributed by atoms with van der Waals surface area (Å²) < 4.78 is 0.564. The average molecular weight is 218 g/mol. The summed E-state index contributed by atoms with van der Waals surface area (Å²) in [7, 11) is 0.398. The molecule has 0 saturated carbocycles. The predicted octanol–water partition coefficient (Wildman–Crippen LogP) is 2.32. The molecule has 0 amide bonds. The van der Waals surface area contributed by atoms with Crippen LogP contribution >= 0.6 is 39.1 Å². The van der Waals surface area contributed by atoms with E-state index in [2.05, 4.69) is 22.5 Å². The van der Waals surface area contributed by atoms with Crippen LogP contribution in [-0.4, -0.2) is 14.0 Å². The first-order valence-electron chi connectivity index (χ1n) is 1.52. The molecule has 0 atom stereocenters. The van der Waals surface area contributed by atoms with Crippen molar-refractivity contribution in [2.75, 3.05) is 0 Å². The van der Waals surface area contributed by atoms with Gasteiger partial charge in [0, 0.05) is 0 Å². The Labute approximate surface area is 63.8 Å². The Bertz CT molecular complexity index is 73.3. The Hall–Kier alpha value is 1.02. The van der Waals surface area contributed by atoms with Crippen LogP contribution in [0.1, 0.15) is 0 Å². The van der Waals surface area contributed by atoms with Crippen molar-refractivity contribution in [3.8, 4) is 0 Å². The van der Waals surface area contributed by atoms with E-state index in [0.717, 1.165) is 4.11 Å². The minimum Gasteiger partial charge on any atom is -0.109 e. The highest BCUT2D eigenvalue weighted by Crippen LogP contribution is 2.07. The van der Waals surface area contributed by atoms with Gasteiger partial charge in [-0.1, -0.05) is 22.5 Å². The van der Waals surface area contributed by atoms with Crippen LogP contribution in [0, 0.1) is 0 Å². The van der Waals surface area contributed by atoms with Crippen molar-refractivity contribution >= 4 is 48.7 Å². The van der Waals surface area contributed by atoms with Crippen LogP contribution in [0.4, 0.5) is 0 Å². The number of hydrogen-bond acceptors (Lipinski definition) is 0. The molecule has 0 aromatic rings. The van der Waals surface area contributed by atoms with Crippen LogP contribution < -0.4 is 0 Å². The summed E-state index contributed by atoms with van der Waals surface area (Å²) in [5.74, 6) is 0. The smallest absolute Gasteiger partial charge is 0.109 e. The second-order valence-electron chi connectivity index (χ2n) is 0.850. The summed E-state index contributed by atoms with van der Waals surface area (Å²) in [6.07, 6.45) is 0. The van der Waals surface area contributed by atoms with Crippen molar-refractivity contribution in [1.82, 2.24) is 0 Å². The molecule has 0 saturated heterocycles. The summed E-state index contributed by atoms with van der Waals surface area (Å²) >= 11 is 13.8. The molecule has 7 heavy (non-hydrogen) atoms. The van der Waals surface area contributed by atoms with Crippen LogP contribution in [-0.2, 0) is 0 Å². The number of alkyl halides is 2. The van der Waals surface area contributed by atoms with Gasteiger partial charge in [-0.3, -0.25) is 0 Å². The molecular weight excluding hydrogens is 215 g/mol. The molecule has 0 aliphatic carbocycles. The lowest BCUT2D eigenvalue weighted by atomic mass is 11.3. The monoisotopic (exact) mass is 216 g/mol. The Kier molecular flexibility index (Phi) is 4.53. The topological polar surface area (TPSA) is 0 Å². The molecule has 40 valence electrons. The zero-order valence-corrected chi connectivity index (χ0v) is 7.52. The lowest BCUT2D eigenvalue weighted by molar-refractivity contribution is 1.89. The van der Waals surface area contributed by atoms with E-state index >= 15 is 0 Å². The van der Waals surface area contributed by atoms with Gasteiger partial charge in [0.1, 0.15) is 9.52 Å². The third-order valence-electron chi connectivity index (χ3n) is 0.266. The van der Waals surface area contributed by atoms with E-state index in [4.69, 9.17) is 23.2 Å². The molecule has 4 heteroatoms. The maximum atomic E-state index is 5.36. The zero-order valence-electron chi connectivity index (χ0n) is 3.42. The first kappa shape index (κ1) is 8.02. The van der Waals surface area contributed by atoms with Gasteiger partial charge in [0.2, 0.25) is 0 Å². The van der Waals surface area contributed by atoms with E-state index in [0.29, 0.717) is 9.52 Å². The molecule has 0 aromatic carbocycles. The van der Waals surface area contributed by atoms with Gasteiger partial charge in [0.05, 0.1) is 4.46 Å².